The van der Waals surface area contributed by atoms with Crippen LogP contribution in [0.5, 0.6) is 5.75 Å². The minimum atomic E-state index is 0.0490. The Morgan fingerprint density at radius 3 is 2.75 bits per heavy atom. The van der Waals surface area contributed by atoms with E-state index in [2.05, 4.69) is 42.0 Å². The molecular formula is C9H5Br2ClN2O2. The molecule has 0 atom stereocenters. The molecule has 1 aromatic heterocycles. The molecule has 4 nitrogen and oxygen atoms in total. The monoisotopic (exact) mass is 366 g/mol. The lowest BCUT2D eigenvalue weighted by Crippen LogP contribution is -1.83. The molecule has 1 N–H and O–H groups in total. The van der Waals surface area contributed by atoms with Gasteiger partial charge in [-0.2, -0.15) is 4.98 Å². The Balaban J connectivity index is 2.54. The quantitative estimate of drug-likeness (QED) is 0.821. The highest BCUT2D eigenvalue weighted by atomic mass is 79.9. The van der Waals surface area contributed by atoms with Crippen LogP contribution in [0, 0.1) is 0 Å². The number of nitrogens with zero attached hydrogens (tertiary/aromatic N) is 2. The Morgan fingerprint density at radius 1 is 1.38 bits per heavy atom. The van der Waals surface area contributed by atoms with Gasteiger partial charge in [0.15, 0.2) is 5.82 Å². The van der Waals surface area contributed by atoms with Gasteiger partial charge in [0.2, 0.25) is 0 Å². The first-order valence-electron chi connectivity index (χ1n) is 4.18. The fourth-order valence-electron chi connectivity index (χ4n) is 1.15. The summed E-state index contributed by atoms with van der Waals surface area (Å²) in [6.07, 6.45) is 0. The summed E-state index contributed by atoms with van der Waals surface area (Å²) < 4.78 is 6.32. The number of aromatic nitrogens is 2. The molecule has 1 heterocycles. The van der Waals surface area contributed by atoms with E-state index >= 15 is 0 Å². The topological polar surface area (TPSA) is 59.2 Å². The molecule has 0 aliphatic rings. The predicted octanol–water partition coefficient (Wildman–Crippen LogP) is 3.71. The molecule has 0 spiro atoms. The van der Waals surface area contributed by atoms with Crippen LogP contribution in [-0.4, -0.2) is 15.2 Å². The van der Waals surface area contributed by atoms with E-state index in [1.165, 1.54) is 0 Å². The van der Waals surface area contributed by atoms with Gasteiger partial charge in [0, 0.05) is 4.47 Å². The van der Waals surface area contributed by atoms with E-state index in [1.807, 2.05) is 0 Å². The largest absolute Gasteiger partial charge is 0.506 e. The Morgan fingerprint density at radius 2 is 2.12 bits per heavy atom. The minimum Gasteiger partial charge on any atom is -0.506 e. The van der Waals surface area contributed by atoms with Gasteiger partial charge < -0.3 is 9.63 Å². The zero-order chi connectivity index (χ0) is 11.7. The van der Waals surface area contributed by atoms with Gasteiger partial charge in [-0.15, -0.1) is 11.6 Å². The molecule has 84 valence electrons. The summed E-state index contributed by atoms with van der Waals surface area (Å²) in [6, 6.07) is 3.41. The molecule has 1 aromatic carbocycles. The molecule has 7 heteroatoms. The molecule has 0 unspecified atom stereocenters. The van der Waals surface area contributed by atoms with E-state index in [1.54, 1.807) is 12.1 Å². The first kappa shape index (κ1) is 11.9. The van der Waals surface area contributed by atoms with Crippen molar-refractivity contribution in [2.45, 2.75) is 5.88 Å². The number of aromatic hydroxyl groups is 1. The van der Waals surface area contributed by atoms with Crippen molar-refractivity contribution in [3.05, 3.63) is 26.9 Å². The molecule has 0 bridgehead atoms. The number of halogens is 3. The molecule has 0 saturated carbocycles. The third kappa shape index (κ3) is 2.23. The highest BCUT2D eigenvalue weighted by molar-refractivity contribution is 9.11. The van der Waals surface area contributed by atoms with Gasteiger partial charge in [-0.3, -0.25) is 0 Å². The number of alkyl halides is 1. The Hall–Kier alpha value is -0.590. The van der Waals surface area contributed by atoms with Crippen molar-refractivity contribution in [1.82, 2.24) is 10.1 Å². The average molecular weight is 368 g/mol. The summed E-state index contributed by atoms with van der Waals surface area (Å²) in [5.41, 5.74) is 0.449. The average Bonchev–Trinajstić information content (AvgIpc) is 2.71. The predicted molar refractivity (Wildman–Crippen MR) is 66.4 cm³/mol. The van der Waals surface area contributed by atoms with Crippen molar-refractivity contribution in [2.75, 3.05) is 0 Å². The van der Waals surface area contributed by atoms with E-state index in [4.69, 9.17) is 16.1 Å². The molecule has 16 heavy (non-hydrogen) atoms. The third-order valence-electron chi connectivity index (χ3n) is 1.85. The van der Waals surface area contributed by atoms with E-state index in [0.29, 0.717) is 15.9 Å². The molecule has 0 fully saturated rings. The van der Waals surface area contributed by atoms with E-state index < -0.39 is 0 Å². The SMILES string of the molecule is Oc1c(Br)cc(Br)cc1-c1nc(CCl)no1. The molecule has 0 aliphatic carbocycles. The van der Waals surface area contributed by atoms with Crippen molar-refractivity contribution >= 4 is 43.5 Å². The van der Waals surface area contributed by atoms with Crippen molar-refractivity contribution in [1.29, 1.82) is 0 Å². The first-order chi connectivity index (χ1) is 7.61. The van der Waals surface area contributed by atoms with Gasteiger partial charge in [0.25, 0.3) is 5.89 Å². The molecule has 0 amide bonds. The van der Waals surface area contributed by atoms with Crippen molar-refractivity contribution in [2.24, 2.45) is 0 Å². The van der Waals surface area contributed by atoms with Crippen molar-refractivity contribution < 1.29 is 9.63 Å². The maximum Gasteiger partial charge on any atom is 0.261 e. The molecule has 0 radical (unpaired) electrons. The molecule has 2 rings (SSSR count). The Kier molecular flexibility index (Phi) is 3.51. The van der Waals surface area contributed by atoms with Crippen LogP contribution in [0.4, 0.5) is 0 Å². The van der Waals surface area contributed by atoms with E-state index in [-0.39, 0.29) is 17.5 Å². The summed E-state index contributed by atoms with van der Waals surface area (Å²) in [5, 5.41) is 13.5. The lowest BCUT2D eigenvalue weighted by atomic mass is 10.2. The van der Waals surface area contributed by atoms with Crippen molar-refractivity contribution in [3.8, 4) is 17.2 Å². The van der Waals surface area contributed by atoms with Gasteiger partial charge in [-0.25, -0.2) is 0 Å². The maximum absolute atomic E-state index is 9.83. The third-order valence-corrected chi connectivity index (χ3v) is 3.15. The second-order valence-corrected chi connectivity index (χ2v) is 4.97. The number of phenols is 1. The molecular weight excluding hydrogens is 363 g/mol. The van der Waals surface area contributed by atoms with Crippen LogP contribution in [0.25, 0.3) is 11.5 Å². The normalized spacial score (nSPS) is 10.7. The minimum absolute atomic E-state index is 0.0490. The van der Waals surface area contributed by atoms with Crippen LogP contribution in [0.1, 0.15) is 5.82 Å². The van der Waals surface area contributed by atoms with Gasteiger partial charge in [-0.05, 0) is 28.1 Å². The molecule has 2 aromatic rings. The van der Waals surface area contributed by atoms with Crippen LogP contribution in [0.2, 0.25) is 0 Å². The smallest absolute Gasteiger partial charge is 0.261 e. The molecule has 0 aliphatic heterocycles. The summed E-state index contributed by atoms with van der Waals surface area (Å²) >= 11 is 12.1. The van der Waals surface area contributed by atoms with E-state index in [9.17, 15) is 5.11 Å². The van der Waals surface area contributed by atoms with Crippen LogP contribution in [-0.2, 0) is 5.88 Å². The number of benzene rings is 1. The summed E-state index contributed by atoms with van der Waals surface area (Å²) in [7, 11) is 0. The Bertz CT molecular complexity index is 530. The van der Waals surface area contributed by atoms with Gasteiger partial charge in [0.1, 0.15) is 5.75 Å². The number of hydrogen-bond acceptors (Lipinski definition) is 4. The van der Waals surface area contributed by atoms with Crippen LogP contribution in [0.15, 0.2) is 25.6 Å². The Labute approximate surface area is 113 Å². The highest BCUT2D eigenvalue weighted by Gasteiger charge is 2.15. The van der Waals surface area contributed by atoms with E-state index in [0.717, 1.165) is 4.47 Å². The second kappa shape index (κ2) is 4.73. The van der Waals surface area contributed by atoms with Gasteiger partial charge >= 0.3 is 0 Å². The lowest BCUT2D eigenvalue weighted by molar-refractivity contribution is 0.419. The maximum atomic E-state index is 9.83. The standard InChI is InChI=1S/C9H5Br2ClN2O2/c10-4-1-5(8(15)6(11)2-4)9-13-7(3-12)14-16-9/h1-2,15H,3H2. The fourth-order valence-corrected chi connectivity index (χ4v) is 2.48. The summed E-state index contributed by atoms with van der Waals surface area (Å²) in [6.45, 7) is 0. The molecule has 0 saturated heterocycles. The van der Waals surface area contributed by atoms with Crippen molar-refractivity contribution in [3.63, 3.8) is 0 Å². The lowest BCUT2D eigenvalue weighted by Gasteiger charge is -2.02. The first-order valence-corrected chi connectivity index (χ1v) is 6.31. The number of hydrogen-bond donors (Lipinski definition) is 1. The van der Waals surface area contributed by atoms with Crippen LogP contribution >= 0.6 is 43.5 Å². The summed E-state index contributed by atoms with van der Waals surface area (Å²) in [5.74, 6) is 0.828. The number of phenolic OH excluding ortho intramolecular Hbond substituents is 1. The number of rotatable bonds is 2. The van der Waals surface area contributed by atoms with Crippen LogP contribution in [0.3, 0.4) is 0 Å². The summed E-state index contributed by atoms with van der Waals surface area (Å²) in [4.78, 5) is 4.03. The van der Waals surface area contributed by atoms with Gasteiger partial charge in [-0.1, -0.05) is 21.1 Å². The van der Waals surface area contributed by atoms with Gasteiger partial charge in [0.05, 0.1) is 15.9 Å². The zero-order valence-electron chi connectivity index (χ0n) is 7.75. The second-order valence-electron chi connectivity index (χ2n) is 2.93. The zero-order valence-corrected chi connectivity index (χ0v) is 11.7. The van der Waals surface area contributed by atoms with Crippen LogP contribution < -0.4 is 0 Å². The fraction of sp³-hybridized carbons (Fsp3) is 0.111. The highest BCUT2D eigenvalue weighted by Crippen LogP contribution is 2.37.